The van der Waals surface area contributed by atoms with Crippen LogP contribution >= 0.6 is 22.9 Å². The number of nitrogens with one attached hydrogen (secondary N) is 2. The lowest BCUT2D eigenvalue weighted by molar-refractivity contribution is 0.0947. The molecule has 1 fully saturated rings. The molecule has 1 aromatic heterocycles. The van der Waals surface area contributed by atoms with E-state index in [1.54, 1.807) is 36.5 Å². The van der Waals surface area contributed by atoms with Gasteiger partial charge in [0.05, 0.1) is 28.6 Å². The molecule has 3 aromatic rings. The van der Waals surface area contributed by atoms with Crippen LogP contribution in [0.1, 0.15) is 45.4 Å². The third-order valence-electron chi connectivity index (χ3n) is 5.83. The van der Waals surface area contributed by atoms with Crippen molar-refractivity contribution in [2.24, 2.45) is 5.92 Å². The maximum Gasteiger partial charge on any atom is 0.279 e. The number of nitrogens with zero attached hydrogens (tertiary/aromatic N) is 1. The minimum atomic E-state index is -0.287. The molecule has 0 unspecified atom stereocenters. The summed E-state index contributed by atoms with van der Waals surface area (Å²) in [6.45, 7) is 3.40. The molecule has 0 bridgehead atoms. The third-order valence-corrected chi connectivity index (χ3v) is 6.96. The first-order valence-electron chi connectivity index (χ1n) is 12.0. The second-order valence-electron chi connectivity index (χ2n) is 8.91. The Labute approximate surface area is 223 Å². The average Bonchev–Trinajstić information content (AvgIpc) is 3.65. The van der Waals surface area contributed by atoms with Crippen molar-refractivity contribution in [3.05, 3.63) is 69.7 Å². The summed E-state index contributed by atoms with van der Waals surface area (Å²) in [5, 5.41) is 6.57. The SMILES string of the molecule is C[C@@H](/C=C/c1cnc(Oc2ccc(OCC3CC3)cc2Cl)s1)NC(=O)c1ccc2c(c1)C(=O)NCCO2. The van der Waals surface area contributed by atoms with Gasteiger partial charge in [-0.1, -0.05) is 29.0 Å². The molecule has 2 aliphatic rings. The van der Waals surface area contributed by atoms with E-state index in [-0.39, 0.29) is 17.9 Å². The number of benzene rings is 2. The molecule has 0 spiro atoms. The monoisotopic (exact) mass is 539 g/mol. The third kappa shape index (κ3) is 6.61. The fourth-order valence-electron chi connectivity index (χ4n) is 3.61. The van der Waals surface area contributed by atoms with Gasteiger partial charge in [-0.2, -0.15) is 0 Å². The predicted octanol–water partition coefficient (Wildman–Crippen LogP) is 5.33. The van der Waals surface area contributed by atoms with Crippen LogP contribution < -0.4 is 24.8 Å². The minimum absolute atomic E-state index is 0.252. The van der Waals surface area contributed by atoms with Crippen molar-refractivity contribution in [3.8, 4) is 22.4 Å². The Morgan fingerprint density at radius 3 is 3.00 bits per heavy atom. The van der Waals surface area contributed by atoms with Gasteiger partial charge in [-0.15, -0.1) is 0 Å². The maximum absolute atomic E-state index is 12.7. The zero-order chi connectivity index (χ0) is 25.8. The number of hydrogen-bond acceptors (Lipinski definition) is 7. The van der Waals surface area contributed by atoms with Gasteiger partial charge in [0.15, 0.2) is 0 Å². The number of thiazole rings is 1. The number of carbonyl (C=O) groups is 2. The van der Waals surface area contributed by atoms with Crippen molar-refractivity contribution in [2.45, 2.75) is 25.8 Å². The first kappa shape index (κ1) is 25.1. The topological polar surface area (TPSA) is 98.8 Å². The fraction of sp³-hybridized carbons (Fsp3) is 0.296. The Balaban J connectivity index is 1.15. The lowest BCUT2D eigenvalue weighted by atomic mass is 10.1. The molecule has 2 N–H and O–H groups in total. The van der Waals surface area contributed by atoms with Crippen LogP contribution in [-0.4, -0.2) is 42.6 Å². The smallest absolute Gasteiger partial charge is 0.279 e. The van der Waals surface area contributed by atoms with Crippen LogP contribution in [0.3, 0.4) is 0 Å². The summed E-state index contributed by atoms with van der Waals surface area (Å²) in [7, 11) is 0. The molecular formula is C27H26ClN3O5S. The van der Waals surface area contributed by atoms with Gasteiger partial charge in [0.1, 0.15) is 23.9 Å². The van der Waals surface area contributed by atoms with E-state index in [2.05, 4.69) is 15.6 Å². The van der Waals surface area contributed by atoms with Crippen molar-refractivity contribution < 1.29 is 23.8 Å². The highest BCUT2D eigenvalue weighted by atomic mass is 35.5. The van der Waals surface area contributed by atoms with Crippen LogP contribution in [0.25, 0.3) is 6.08 Å². The van der Waals surface area contributed by atoms with Gasteiger partial charge in [0, 0.05) is 23.9 Å². The first-order valence-corrected chi connectivity index (χ1v) is 13.2. The number of hydrogen-bond donors (Lipinski definition) is 2. The second kappa shape index (κ2) is 11.2. The number of ether oxygens (including phenoxy) is 3. The molecule has 2 amide bonds. The van der Waals surface area contributed by atoms with Crippen LogP contribution in [0.4, 0.5) is 0 Å². The number of amides is 2. The molecule has 2 aromatic carbocycles. The zero-order valence-electron chi connectivity index (χ0n) is 20.2. The maximum atomic E-state index is 12.7. The molecule has 1 saturated carbocycles. The summed E-state index contributed by atoms with van der Waals surface area (Å²) in [5.74, 6) is 1.83. The lowest BCUT2D eigenvalue weighted by Gasteiger charge is -2.11. The highest BCUT2D eigenvalue weighted by Crippen LogP contribution is 2.35. The van der Waals surface area contributed by atoms with Crippen molar-refractivity contribution in [2.75, 3.05) is 19.8 Å². The van der Waals surface area contributed by atoms with Crippen LogP contribution in [0.15, 0.2) is 48.7 Å². The molecule has 37 heavy (non-hydrogen) atoms. The largest absolute Gasteiger partial charge is 0.493 e. The molecule has 0 saturated heterocycles. The Bertz CT molecular complexity index is 1340. The number of halogens is 1. The molecule has 2 heterocycles. The summed E-state index contributed by atoms with van der Waals surface area (Å²) in [4.78, 5) is 30.1. The van der Waals surface area contributed by atoms with E-state index in [1.165, 1.54) is 24.2 Å². The first-order chi connectivity index (χ1) is 17.9. The van der Waals surface area contributed by atoms with Crippen LogP contribution in [0.5, 0.6) is 22.4 Å². The molecule has 10 heteroatoms. The Hall–Kier alpha value is -3.56. The quantitative estimate of drug-likeness (QED) is 0.381. The Morgan fingerprint density at radius 2 is 2.19 bits per heavy atom. The standard InChI is InChI=1S/C27H26ClN3O5S/c1-16(31-25(32)18-5-8-23-21(12-18)26(33)29-10-11-34-23)2-7-20-14-30-27(37-20)36-24-9-6-19(13-22(24)28)35-15-17-3-4-17/h2,5-9,12-14,16-17H,3-4,10-11,15H2,1H3,(H,29,33)(H,31,32)/b7-2+/t16-/m0/s1. The van der Waals surface area contributed by atoms with Crippen LogP contribution in [0, 0.1) is 5.92 Å². The van der Waals surface area contributed by atoms with Gasteiger partial charge in [0.25, 0.3) is 17.0 Å². The molecular weight excluding hydrogens is 514 g/mol. The molecule has 0 radical (unpaired) electrons. The number of rotatable bonds is 9. The number of carbonyl (C=O) groups excluding carboxylic acids is 2. The van der Waals surface area contributed by atoms with Crippen LogP contribution in [0.2, 0.25) is 5.02 Å². The summed E-state index contributed by atoms with van der Waals surface area (Å²) in [6.07, 6.45) is 7.87. The average molecular weight is 540 g/mol. The summed E-state index contributed by atoms with van der Waals surface area (Å²) in [6, 6.07) is 9.94. The highest BCUT2D eigenvalue weighted by molar-refractivity contribution is 7.14. The molecule has 1 atom stereocenters. The number of fused-ring (bicyclic) bond motifs is 1. The van der Waals surface area contributed by atoms with Gasteiger partial charge in [-0.3, -0.25) is 9.59 Å². The van der Waals surface area contributed by atoms with E-state index in [9.17, 15) is 9.59 Å². The van der Waals surface area contributed by atoms with E-state index in [4.69, 9.17) is 25.8 Å². The van der Waals surface area contributed by atoms with Gasteiger partial charge >= 0.3 is 0 Å². The second-order valence-corrected chi connectivity index (χ2v) is 10.3. The molecule has 192 valence electrons. The molecule has 1 aliphatic heterocycles. The predicted molar refractivity (Wildman–Crippen MR) is 142 cm³/mol. The normalized spacial score (nSPS) is 15.8. The van der Waals surface area contributed by atoms with E-state index in [0.29, 0.717) is 51.9 Å². The van der Waals surface area contributed by atoms with Crippen molar-refractivity contribution in [1.29, 1.82) is 0 Å². The van der Waals surface area contributed by atoms with E-state index in [0.717, 1.165) is 17.2 Å². The van der Waals surface area contributed by atoms with Crippen molar-refractivity contribution >= 4 is 40.8 Å². The van der Waals surface area contributed by atoms with E-state index in [1.807, 2.05) is 25.1 Å². The Morgan fingerprint density at radius 1 is 1.32 bits per heavy atom. The molecule has 8 nitrogen and oxygen atoms in total. The van der Waals surface area contributed by atoms with E-state index < -0.39 is 0 Å². The number of aromatic nitrogens is 1. The lowest BCUT2D eigenvalue weighted by Crippen LogP contribution is -2.31. The molecule has 1 aliphatic carbocycles. The fourth-order valence-corrected chi connectivity index (χ4v) is 4.51. The zero-order valence-corrected chi connectivity index (χ0v) is 21.7. The highest BCUT2D eigenvalue weighted by Gasteiger charge is 2.22. The summed E-state index contributed by atoms with van der Waals surface area (Å²) < 4.78 is 17.1. The minimum Gasteiger partial charge on any atom is -0.493 e. The van der Waals surface area contributed by atoms with Gasteiger partial charge in [-0.05, 0) is 62.1 Å². The van der Waals surface area contributed by atoms with Crippen molar-refractivity contribution in [1.82, 2.24) is 15.6 Å². The van der Waals surface area contributed by atoms with Crippen molar-refractivity contribution in [3.63, 3.8) is 0 Å². The summed E-state index contributed by atoms with van der Waals surface area (Å²) >= 11 is 7.72. The van der Waals surface area contributed by atoms with Gasteiger partial charge < -0.3 is 24.8 Å². The molecule has 5 rings (SSSR count). The van der Waals surface area contributed by atoms with Gasteiger partial charge in [-0.25, -0.2) is 4.98 Å². The Kier molecular flexibility index (Phi) is 7.62. The van der Waals surface area contributed by atoms with Gasteiger partial charge in [0.2, 0.25) is 0 Å². The van der Waals surface area contributed by atoms with Crippen LogP contribution in [-0.2, 0) is 0 Å². The summed E-state index contributed by atoms with van der Waals surface area (Å²) in [5.41, 5.74) is 0.736. The van der Waals surface area contributed by atoms with E-state index >= 15 is 0 Å².